The Labute approximate surface area is 149 Å². The fourth-order valence-electron chi connectivity index (χ4n) is 2.06. The van der Waals surface area contributed by atoms with Crippen LogP contribution in [-0.4, -0.2) is 22.7 Å². The number of ether oxygens (including phenoxy) is 1. The smallest absolute Gasteiger partial charge is 0.322 e. The minimum absolute atomic E-state index is 0.0857. The second-order valence-electron chi connectivity index (χ2n) is 5.01. The number of hydrogen-bond acceptors (Lipinski definition) is 6. The first-order valence-electron chi connectivity index (χ1n) is 7.79. The topological polar surface area (TPSA) is 77.2 Å². The van der Waals surface area contributed by atoms with E-state index in [0.717, 1.165) is 10.6 Å². The van der Waals surface area contributed by atoms with Gasteiger partial charge < -0.3 is 9.15 Å². The van der Waals surface area contributed by atoms with E-state index >= 15 is 0 Å². The molecular formula is C18H17N3O3S. The molecule has 0 saturated carbocycles. The zero-order valence-corrected chi connectivity index (χ0v) is 14.5. The van der Waals surface area contributed by atoms with Crippen LogP contribution in [0.25, 0.3) is 0 Å². The summed E-state index contributed by atoms with van der Waals surface area (Å²) in [5.74, 6) is 1.40. The van der Waals surface area contributed by atoms with Crippen molar-refractivity contribution in [2.75, 3.05) is 11.9 Å². The average Bonchev–Trinajstić information content (AvgIpc) is 3.09. The molecule has 1 amide bonds. The molecule has 6 nitrogen and oxygen atoms in total. The lowest BCUT2D eigenvalue weighted by Crippen LogP contribution is -2.12. The van der Waals surface area contributed by atoms with Gasteiger partial charge in [0.15, 0.2) is 0 Å². The van der Waals surface area contributed by atoms with Crippen molar-refractivity contribution in [3.05, 3.63) is 66.1 Å². The predicted molar refractivity (Wildman–Crippen MR) is 95.9 cm³/mol. The third kappa shape index (κ3) is 4.84. The van der Waals surface area contributed by atoms with Crippen LogP contribution in [0.2, 0.25) is 0 Å². The molecule has 3 rings (SSSR count). The number of hydrogen-bond donors (Lipinski definition) is 1. The second kappa shape index (κ2) is 8.34. The Morgan fingerprint density at radius 1 is 1.12 bits per heavy atom. The lowest BCUT2D eigenvalue weighted by molar-refractivity contribution is 0.102. The number of amides is 1. The van der Waals surface area contributed by atoms with Crippen LogP contribution < -0.4 is 10.1 Å². The highest BCUT2D eigenvalue weighted by molar-refractivity contribution is 7.98. The molecule has 1 heterocycles. The Hall–Kier alpha value is -2.80. The summed E-state index contributed by atoms with van der Waals surface area (Å²) in [6.45, 7) is 2.49. The number of benzene rings is 2. The van der Waals surface area contributed by atoms with Crippen molar-refractivity contribution in [2.45, 2.75) is 17.6 Å². The highest BCUT2D eigenvalue weighted by Crippen LogP contribution is 2.22. The van der Waals surface area contributed by atoms with Crippen LogP contribution in [-0.2, 0) is 5.75 Å². The van der Waals surface area contributed by atoms with Crippen molar-refractivity contribution in [2.24, 2.45) is 0 Å². The minimum Gasteiger partial charge on any atom is -0.494 e. The lowest BCUT2D eigenvalue weighted by Gasteiger charge is -2.04. The second-order valence-corrected chi connectivity index (χ2v) is 6.06. The molecule has 0 aliphatic heterocycles. The number of nitrogens with one attached hydrogen (secondary N) is 1. The number of aromatic nitrogens is 2. The zero-order chi connectivity index (χ0) is 17.5. The molecule has 7 heteroatoms. The van der Waals surface area contributed by atoms with Crippen LogP contribution in [0.5, 0.6) is 5.75 Å². The summed E-state index contributed by atoms with van der Waals surface area (Å²) in [6.07, 6.45) is 0. The first-order valence-corrected chi connectivity index (χ1v) is 8.77. The molecule has 2 aromatic carbocycles. The van der Waals surface area contributed by atoms with E-state index in [0.29, 0.717) is 23.8 Å². The van der Waals surface area contributed by atoms with Crippen molar-refractivity contribution < 1.29 is 13.9 Å². The van der Waals surface area contributed by atoms with Crippen molar-refractivity contribution >= 4 is 23.7 Å². The Morgan fingerprint density at radius 3 is 2.60 bits per heavy atom. The van der Waals surface area contributed by atoms with Crippen LogP contribution in [0.15, 0.2) is 63.9 Å². The van der Waals surface area contributed by atoms with Gasteiger partial charge >= 0.3 is 6.01 Å². The Morgan fingerprint density at radius 2 is 1.88 bits per heavy atom. The van der Waals surface area contributed by atoms with Gasteiger partial charge in [0, 0.05) is 10.5 Å². The van der Waals surface area contributed by atoms with E-state index in [1.165, 1.54) is 0 Å². The van der Waals surface area contributed by atoms with E-state index in [2.05, 4.69) is 15.5 Å². The molecule has 0 spiro atoms. The van der Waals surface area contributed by atoms with Crippen LogP contribution in [0.3, 0.4) is 0 Å². The largest absolute Gasteiger partial charge is 0.494 e. The van der Waals surface area contributed by atoms with Crippen molar-refractivity contribution in [1.29, 1.82) is 0 Å². The predicted octanol–water partition coefficient (Wildman–Crippen LogP) is 4.01. The minimum atomic E-state index is -0.311. The summed E-state index contributed by atoms with van der Waals surface area (Å²) in [6, 6.07) is 16.9. The van der Waals surface area contributed by atoms with Crippen LogP contribution in [0.1, 0.15) is 23.2 Å². The molecule has 128 valence electrons. The van der Waals surface area contributed by atoms with E-state index < -0.39 is 0 Å². The normalized spacial score (nSPS) is 10.4. The summed E-state index contributed by atoms with van der Waals surface area (Å²) in [5.41, 5.74) is 0.488. The molecule has 25 heavy (non-hydrogen) atoms. The summed E-state index contributed by atoms with van der Waals surface area (Å²) in [5, 5.41) is 10.4. The number of nitrogens with zero attached hydrogens (tertiary/aromatic N) is 2. The first kappa shape index (κ1) is 17.0. The maximum atomic E-state index is 12.2. The summed E-state index contributed by atoms with van der Waals surface area (Å²) >= 11 is 1.59. The van der Waals surface area contributed by atoms with Gasteiger partial charge in [0.2, 0.25) is 5.89 Å². The maximum Gasteiger partial charge on any atom is 0.322 e. The highest BCUT2D eigenvalue weighted by Gasteiger charge is 2.12. The quantitative estimate of drug-likeness (QED) is 0.645. The summed E-state index contributed by atoms with van der Waals surface area (Å²) in [7, 11) is 0. The van der Waals surface area contributed by atoms with E-state index in [4.69, 9.17) is 9.15 Å². The van der Waals surface area contributed by atoms with Gasteiger partial charge in [-0.25, -0.2) is 0 Å². The molecule has 0 aliphatic carbocycles. The van der Waals surface area contributed by atoms with Crippen molar-refractivity contribution in [3.63, 3.8) is 0 Å². The Kier molecular flexibility index (Phi) is 5.69. The third-order valence-electron chi connectivity index (χ3n) is 3.22. The number of rotatable bonds is 7. The Balaban J connectivity index is 1.56. The van der Waals surface area contributed by atoms with E-state index in [9.17, 15) is 4.79 Å². The molecule has 0 aliphatic rings. The van der Waals surface area contributed by atoms with Gasteiger partial charge in [0.1, 0.15) is 5.75 Å². The molecule has 0 unspecified atom stereocenters. The molecule has 0 saturated heterocycles. The van der Waals surface area contributed by atoms with Crippen LogP contribution in [0.4, 0.5) is 6.01 Å². The van der Waals surface area contributed by atoms with Gasteiger partial charge in [0.25, 0.3) is 5.91 Å². The molecule has 0 atom stereocenters. The highest BCUT2D eigenvalue weighted by atomic mass is 32.2. The molecule has 3 aromatic rings. The van der Waals surface area contributed by atoms with Crippen molar-refractivity contribution in [1.82, 2.24) is 10.2 Å². The number of thioether (sulfide) groups is 1. The van der Waals surface area contributed by atoms with Crippen molar-refractivity contribution in [3.8, 4) is 5.75 Å². The number of carbonyl (C=O) groups excluding carboxylic acids is 1. The van der Waals surface area contributed by atoms with Gasteiger partial charge in [-0.05, 0) is 43.3 Å². The van der Waals surface area contributed by atoms with Gasteiger partial charge in [-0.3, -0.25) is 10.1 Å². The first-order chi connectivity index (χ1) is 12.2. The average molecular weight is 355 g/mol. The Bertz CT molecular complexity index is 819. The van der Waals surface area contributed by atoms with E-state index in [-0.39, 0.29) is 11.9 Å². The van der Waals surface area contributed by atoms with Crippen LogP contribution >= 0.6 is 11.8 Å². The van der Waals surface area contributed by atoms with E-state index in [1.54, 1.807) is 36.0 Å². The summed E-state index contributed by atoms with van der Waals surface area (Å²) < 4.78 is 10.8. The third-order valence-corrected chi connectivity index (χ3v) is 4.22. The summed E-state index contributed by atoms with van der Waals surface area (Å²) in [4.78, 5) is 13.3. The number of anilines is 1. The fourth-order valence-corrected chi connectivity index (χ4v) is 2.82. The van der Waals surface area contributed by atoms with E-state index in [1.807, 2.05) is 37.3 Å². The molecule has 0 radical (unpaired) electrons. The monoisotopic (exact) mass is 355 g/mol. The number of carbonyl (C=O) groups is 1. The fraction of sp³-hybridized carbons (Fsp3) is 0.167. The lowest BCUT2D eigenvalue weighted by atomic mass is 10.2. The van der Waals surface area contributed by atoms with Gasteiger partial charge in [-0.15, -0.1) is 16.9 Å². The molecule has 1 aromatic heterocycles. The van der Waals surface area contributed by atoms with Gasteiger partial charge in [-0.1, -0.05) is 23.3 Å². The van der Waals surface area contributed by atoms with Gasteiger partial charge in [0.05, 0.1) is 12.4 Å². The molecule has 0 bridgehead atoms. The SMILES string of the molecule is CCOc1ccc(C(=O)Nc2nnc(CSc3ccccc3)o2)cc1. The maximum absolute atomic E-state index is 12.2. The molecule has 1 N–H and O–H groups in total. The molecular weight excluding hydrogens is 338 g/mol. The van der Waals surface area contributed by atoms with Crippen LogP contribution in [0, 0.1) is 0 Å². The molecule has 0 fully saturated rings. The van der Waals surface area contributed by atoms with Gasteiger partial charge in [-0.2, -0.15) is 0 Å². The zero-order valence-electron chi connectivity index (χ0n) is 13.6. The standard InChI is InChI=1S/C18H17N3O3S/c1-2-23-14-10-8-13(9-11-14)17(22)19-18-21-20-16(24-18)12-25-15-6-4-3-5-7-15/h3-11H,2,12H2,1H3,(H,19,21,22).